The van der Waals surface area contributed by atoms with Crippen molar-refractivity contribution >= 4 is 23.5 Å². The van der Waals surface area contributed by atoms with Crippen LogP contribution in [0.5, 0.6) is 0 Å². The van der Waals surface area contributed by atoms with Crippen LogP contribution in [0.2, 0.25) is 0 Å². The van der Waals surface area contributed by atoms with Crippen molar-refractivity contribution in [1.82, 2.24) is 0 Å². The predicted octanol–water partition coefficient (Wildman–Crippen LogP) is 2.71. The topological polar surface area (TPSA) is 63.7 Å². The maximum Gasteiger partial charge on any atom is 0.338 e. The van der Waals surface area contributed by atoms with Crippen LogP contribution >= 0.6 is 0 Å². The molecule has 1 heterocycles. The molecule has 3 rings (SSSR count). The minimum absolute atomic E-state index is 0.148. The van der Waals surface area contributed by atoms with Gasteiger partial charge in [-0.1, -0.05) is 19.1 Å². The zero-order valence-electron chi connectivity index (χ0n) is 13.0. The van der Waals surface area contributed by atoms with E-state index in [1.807, 2.05) is 19.1 Å². The predicted molar refractivity (Wildman–Crippen MR) is 84.9 cm³/mol. The van der Waals surface area contributed by atoms with Gasteiger partial charge in [-0.25, -0.2) is 4.79 Å². The first-order valence-corrected chi connectivity index (χ1v) is 7.93. The second-order valence-electron chi connectivity index (χ2n) is 5.85. The molecule has 120 valence electrons. The third-order valence-corrected chi connectivity index (χ3v) is 4.31. The number of ether oxygens (including phenoxy) is 1. The quantitative estimate of drug-likeness (QED) is 0.487. The number of esters is 1. The Labute approximate surface area is 134 Å². The van der Waals surface area contributed by atoms with Gasteiger partial charge in [0.25, 0.3) is 0 Å². The molecule has 0 saturated carbocycles. The molecule has 23 heavy (non-hydrogen) atoms. The lowest BCUT2D eigenvalue weighted by Crippen LogP contribution is -2.30. The van der Waals surface area contributed by atoms with Crippen LogP contribution in [-0.2, 0) is 14.3 Å². The minimum Gasteiger partial charge on any atom is -0.462 e. The first kappa shape index (κ1) is 15.5. The number of hydrogen-bond donors (Lipinski definition) is 0. The average Bonchev–Trinajstić information content (AvgIpc) is 2.84. The molecule has 5 heteroatoms. The van der Waals surface area contributed by atoms with E-state index >= 15 is 0 Å². The first-order chi connectivity index (χ1) is 11.1. The van der Waals surface area contributed by atoms with Crippen molar-refractivity contribution in [3.63, 3.8) is 0 Å². The van der Waals surface area contributed by atoms with Crippen molar-refractivity contribution in [3.05, 3.63) is 42.0 Å². The standard InChI is InChI=1S/C18H19NO4/c1-2-11-23-18(22)12-7-9-13(10-8-12)19-16(20)14-5-3-4-6-15(14)17(19)21/h3-4,7-10,14-15H,2,5-6,11H2,1H3/t14-,15-/m0/s1. The fraction of sp³-hybridized carbons (Fsp3) is 0.389. The number of carbonyl (C=O) groups is 3. The van der Waals surface area contributed by atoms with Gasteiger partial charge >= 0.3 is 5.97 Å². The molecule has 2 atom stereocenters. The highest BCUT2D eigenvalue weighted by Crippen LogP contribution is 2.37. The highest BCUT2D eigenvalue weighted by Gasteiger charge is 2.47. The van der Waals surface area contributed by atoms with E-state index in [1.54, 1.807) is 24.3 Å². The Morgan fingerprint density at radius 2 is 1.65 bits per heavy atom. The minimum atomic E-state index is -0.393. The van der Waals surface area contributed by atoms with E-state index in [0.717, 1.165) is 6.42 Å². The Kier molecular flexibility index (Phi) is 4.28. The summed E-state index contributed by atoms with van der Waals surface area (Å²) in [5.74, 6) is -1.19. The molecule has 1 aromatic carbocycles. The molecule has 1 aromatic rings. The van der Waals surface area contributed by atoms with Crippen LogP contribution in [0.3, 0.4) is 0 Å². The molecular formula is C18H19NO4. The van der Waals surface area contributed by atoms with Crippen LogP contribution in [0.25, 0.3) is 0 Å². The zero-order valence-corrected chi connectivity index (χ0v) is 13.0. The largest absolute Gasteiger partial charge is 0.462 e. The fourth-order valence-corrected chi connectivity index (χ4v) is 3.08. The first-order valence-electron chi connectivity index (χ1n) is 7.93. The third-order valence-electron chi connectivity index (χ3n) is 4.31. The smallest absolute Gasteiger partial charge is 0.338 e. The van der Waals surface area contributed by atoms with Gasteiger partial charge < -0.3 is 4.74 Å². The molecule has 5 nitrogen and oxygen atoms in total. The van der Waals surface area contributed by atoms with Gasteiger partial charge in [0.1, 0.15) is 0 Å². The van der Waals surface area contributed by atoms with Crippen molar-refractivity contribution in [2.75, 3.05) is 11.5 Å². The SMILES string of the molecule is CCCOC(=O)c1ccc(N2C(=O)[C@H]3CC=CC[C@@H]3C2=O)cc1. The van der Waals surface area contributed by atoms with Crippen LogP contribution < -0.4 is 4.90 Å². The number of anilines is 1. The summed E-state index contributed by atoms with van der Waals surface area (Å²) < 4.78 is 5.07. The molecule has 1 saturated heterocycles. The van der Waals surface area contributed by atoms with E-state index < -0.39 is 5.97 Å². The van der Waals surface area contributed by atoms with E-state index in [-0.39, 0.29) is 23.7 Å². The van der Waals surface area contributed by atoms with Crippen molar-refractivity contribution < 1.29 is 19.1 Å². The maximum atomic E-state index is 12.5. The summed E-state index contributed by atoms with van der Waals surface area (Å²) in [4.78, 5) is 38.0. The summed E-state index contributed by atoms with van der Waals surface area (Å²) in [7, 11) is 0. The number of benzene rings is 1. The molecule has 1 fully saturated rings. The highest BCUT2D eigenvalue weighted by molar-refractivity contribution is 6.22. The van der Waals surface area contributed by atoms with Gasteiger partial charge in [0.2, 0.25) is 11.8 Å². The Bertz CT molecular complexity index is 636. The van der Waals surface area contributed by atoms with E-state index in [9.17, 15) is 14.4 Å². The molecule has 1 aliphatic heterocycles. The van der Waals surface area contributed by atoms with Crippen molar-refractivity contribution in [2.45, 2.75) is 26.2 Å². The average molecular weight is 313 g/mol. The second kappa shape index (κ2) is 6.36. The molecule has 1 aliphatic carbocycles. The van der Waals surface area contributed by atoms with Crippen LogP contribution in [0.1, 0.15) is 36.5 Å². The summed E-state index contributed by atoms with van der Waals surface area (Å²) in [5.41, 5.74) is 0.932. The number of nitrogens with zero attached hydrogens (tertiary/aromatic N) is 1. The summed E-state index contributed by atoms with van der Waals surface area (Å²) in [6, 6.07) is 6.44. The van der Waals surface area contributed by atoms with E-state index in [0.29, 0.717) is 30.7 Å². The summed E-state index contributed by atoms with van der Waals surface area (Å²) in [5, 5.41) is 0. The lowest BCUT2D eigenvalue weighted by atomic mass is 9.85. The maximum absolute atomic E-state index is 12.5. The highest BCUT2D eigenvalue weighted by atomic mass is 16.5. The molecular weight excluding hydrogens is 294 g/mol. The van der Waals surface area contributed by atoms with Crippen LogP contribution in [0, 0.1) is 11.8 Å². The number of rotatable bonds is 4. The Balaban J connectivity index is 1.78. The number of allylic oxidation sites excluding steroid dienone is 2. The van der Waals surface area contributed by atoms with Crippen LogP contribution in [-0.4, -0.2) is 24.4 Å². The van der Waals surface area contributed by atoms with Gasteiger partial charge in [-0.3, -0.25) is 14.5 Å². The molecule has 0 N–H and O–H groups in total. The van der Waals surface area contributed by atoms with Gasteiger partial charge in [0.05, 0.1) is 29.7 Å². The lowest BCUT2D eigenvalue weighted by Gasteiger charge is -2.15. The number of carbonyl (C=O) groups excluding carboxylic acids is 3. The summed E-state index contributed by atoms with van der Waals surface area (Å²) in [6.07, 6.45) is 5.92. The van der Waals surface area contributed by atoms with Crippen molar-refractivity contribution in [2.24, 2.45) is 11.8 Å². The molecule has 0 bridgehead atoms. The molecule has 2 aliphatic rings. The Morgan fingerprint density at radius 1 is 1.09 bits per heavy atom. The van der Waals surface area contributed by atoms with Gasteiger partial charge in [-0.15, -0.1) is 0 Å². The lowest BCUT2D eigenvalue weighted by molar-refractivity contribution is -0.122. The van der Waals surface area contributed by atoms with Gasteiger partial charge in [0.15, 0.2) is 0 Å². The van der Waals surface area contributed by atoms with Crippen molar-refractivity contribution in [3.8, 4) is 0 Å². The molecule has 2 amide bonds. The summed E-state index contributed by atoms with van der Waals surface area (Å²) in [6.45, 7) is 2.30. The van der Waals surface area contributed by atoms with Crippen molar-refractivity contribution in [1.29, 1.82) is 0 Å². The third kappa shape index (κ3) is 2.79. The number of amides is 2. The normalized spacial score (nSPS) is 23.1. The zero-order chi connectivity index (χ0) is 16.4. The van der Waals surface area contributed by atoms with Gasteiger partial charge in [-0.05, 0) is 43.5 Å². The van der Waals surface area contributed by atoms with Crippen LogP contribution in [0.15, 0.2) is 36.4 Å². The second-order valence-corrected chi connectivity index (χ2v) is 5.85. The number of imide groups is 1. The molecule has 0 spiro atoms. The van der Waals surface area contributed by atoms with Gasteiger partial charge in [-0.2, -0.15) is 0 Å². The fourth-order valence-electron chi connectivity index (χ4n) is 3.08. The summed E-state index contributed by atoms with van der Waals surface area (Å²) >= 11 is 0. The number of fused-ring (bicyclic) bond motifs is 1. The molecule has 0 unspecified atom stereocenters. The molecule has 0 aromatic heterocycles. The number of hydrogen-bond acceptors (Lipinski definition) is 4. The van der Waals surface area contributed by atoms with E-state index in [1.165, 1.54) is 4.90 Å². The Morgan fingerprint density at radius 3 is 2.17 bits per heavy atom. The van der Waals surface area contributed by atoms with E-state index in [2.05, 4.69) is 0 Å². The molecule has 0 radical (unpaired) electrons. The monoisotopic (exact) mass is 313 g/mol. The Hall–Kier alpha value is -2.43. The van der Waals surface area contributed by atoms with Gasteiger partial charge in [0, 0.05) is 0 Å². The van der Waals surface area contributed by atoms with E-state index in [4.69, 9.17) is 4.74 Å². The van der Waals surface area contributed by atoms with Crippen LogP contribution in [0.4, 0.5) is 5.69 Å².